The molecule has 0 aliphatic rings. The molecule has 0 N–H and O–H groups in total. The van der Waals surface area contributed by atoms with Crippen molar-refractivity contribution in [2.45, 2.75) is 0 Å². The summed E-state index contributed by atoms with van der Waals surface area (Å²) in [5.41, 5.74) is -0.224. The lowest BCUT2D eigenvalue weighted by Crippen LogP contribution is -1.99. The molecule has 0 bridgehead atoms. The zero-order chi connectivity index (χ0) is 12.1. The largest absolute Gasteiger partial charge is 0.493 e. The third kappa shape index (κ3) is 2.46. The van der Waals surface area contributed by atoms with Gasteiger partial charge < -0.3 is 14.2 Å². The first-order chi connectivity index (χ1) is 7.63. The van der Waals surface area contributed by atoms with Crippen LogP contribution in [0.25, 0.3) is 0 Å². The molecule has 6 nitrogen and oxygen atoms in total. The van der Waals surface area contributed by atoms with E-state index in [0.717, 1.165) is 0 Å². The first-order valence-corrected chi connectivity index (χ1v) is 4.76. The van der Waals surface area contributed by atoms with Crippen LogP contribution in [0.1, 0.15) is 0 Å². The summed E-state index contributed by atoms with van der Waals surface area (Å²) in [5, 5.41) is 10.8. The minimum atomic E-state index is -0.580. The van der Waals surface area contributed by atoms with Crippen LogP contribution in [0.4, 0.5) is 5.69 Å². The molecule has 0 atom stereocenters. The van der Waals surface area contributed by atoms with Gasteiger partial charge in [-0.2, -0.15) is 0 Å². The summed E-state index contributed by atoms with van der Waals surface area (Å²) < 4.78 is 14.9. The number of nitrogens with zero attached hydrogens (tertiary/aromatic N) is 1. The van der Waals surface area contributed by atoms with Crippen molar-refractivity contribution in [1.82, 2.24) is 0 Å². The number of hydrogen-bond donors (Lipinski definition) is 0. The van der Waals surface area contributed by atoms with Crippen molar-refractivity contribution in [3.63, 3.8) is 0 Å². The van der Waals surface area contributed by atoms with Gasteiger partial charge in [0.25, 0.3) is 0 Å². The molecule has 0 amide bonds. The Bertz CT molecular complexity index is 396. The molecule has 1 rings (SSSR count). The molecule has 0 aliphatic heterocycles. The van der Waals surface area contributed by atoms with Crippen LogP contribution in [-0.4, -0.2) is 25.2 Å². The number of methoxy groups -OCH3 is 2. The van der Waals surface area contributed by atoms with Gasteiger partial charge in [-0.25, -0.2) is 0 Å². The number of hydrogen-bond acceptors (Lipinski definition) is 5. The number of ether oxygens (including phenoxy) is 3. The number of alkyl halides is 1. The van der Waals surface area contributed by atoms with Crippen LogP contribution >= 0.6 is 11.6 Å². The topological polar surface area (TPSA) is 70.8 Å². The van der Waals surface area contributed by atoms with Gasteiger partial charge in [0.15, 0.2) is 17.6 Å². The van der Waals surface area contributed by atoms with Crippen LogP contribution in [0.15, 0.2) is 12.1 Å². The van der Waals surface area contributed by atoms with Crippen LogP contribution in [-0.2, 0) is 0 Å². The van der Waals surface area contributed by atoms with Crippen LogP contribution in [0.3, 0.4) is 0 Å². The van der Waals surface area contributed by atoms with Gasteiger partial charge in [0.05, 0.1) is 25.2 Å². The fourth-order valence-electron chi connectivity index (χ4n) is 1.17. The van der Waals surface area contributed by atoms with E-state index in [1.54, 1.807) is 0 Å². The fraction of sp³-hybridized carbons (Fsp3) is 0.333. The quantitative estimate of drug-likeness (QED) is 0.453. The van der Waals surface area contributed by atoms with E-state index in [9.17, 15) is 10.1 Å². The van der Waals surface area contributed by atoms with Gasteiger partial charge in [0, 0.05) is 6.07 Å². The molecule has 88 valence electrons. The molecule has 0 radical (unpaired) electrons. The highest BCUT2D eigenvalue weighted by atomic mass is 35.5. The minimum Gasteiger partial charge on any atom is -0.493 e. The molecule has 7 heteroatoms. The molecular weight excluding hydrogens is 238 g/mol. The van der Waals surface area contributed by atoms with Gasteiger partial charge in [0.1, 0.15) is 0 Å². The lowest BCUT2D eigenvalue weighted by molar-refractivity contribution is -0.385. The third-order valence-electron chi connectivity index (χ3n) is 1.87. The molecule has 16 heavy (non-hydrogen) atoms. The van der Waals surface area contributed by atoms with E-state index < -0.39 is 4.92 Å². The molecule has 1 aromatic carbocycles. The number of nitro groups is 1. The number of rotatable bonds is 5. The second-order valence-corrected chi connectivity index (χ2v) is 2.90. The van der Waals surface area contributed by atoms with Crippen molar-refractivity contribution in [3.05, 3.63) is 22.2 Å². The van der Waals surface area contributed by atoms with E-state index in [1.807, 2.05) is 0 Å². The first kappa shape index (κ1) is 12.4. The lowest BCUT2D eigenvalue weighted by atomic mass is 10.2. The molecular formula is C9H10ClNO5. The smallest absolute Gasteiger partial charge is 0.314 e. The Morgan fingerprint density at radius 1 is 1.25 bits per heavy atom. The average molecular weight is 248 g/mol. The highest BCUT2D eigenvalue weighted by Gasteiger charge is 2.20. The first-order valence-electron chi connectivity index (χ1n) is 4.23. The summed E-state index contributed by atoms with van der Waals surface area (Å²) in [4.78, 5) is 10.2. The van der Waals surface area contributed by atoms with E-state index in [4.69, 9.17) is 25.8 Å². The van der Waals surface area contributed by atoms with E-state index in [2.05, 4.69) is 0 Å². The maximum absolute atomic E-state index is 10.8. The van der Waals surface area contributed by atoms with E-state index >= 15 is 0 Å². The Kier molecular flexibility index (Phi) is 4.19. The van der Waals surface area contributed by atoms with Crippen LogP contribution in [0, 0.1) is 10.1 Å². The summed E-state index contributed by atoms with van der Waals surface area (Å²) in [7, 11) is 2.82. The summed E-state index contributed by atoms with van der Waals surface area (Å²) in [6, 6.07) is 2.40. The Labute approximate surface area is 96.8 Å². The van der Waals surface area contributed by atoms with Crippen molar-refractivity contribution >= 4 is 17.3 Å². The molecule has 0 fully saturated rings. The van der Waals surface area contributed by atoms with Crippen LogP contribution in [0.2, 0.25) is 0 Å². The Balaban J connectivity index is 3.29. The highest BCUT2D eigenvalue weighted by molar-refractivity contribution is 6.17. The maximum atomic E-state index is 10.8. The molecule has 0 saturated carbocycles. The summed E-state index contributed by atoms with van der Waals surface area (Å²) >= 11 is 5.37. The highest BCUT2D eigenvalue weighted by Crippen LogP contribution is 2.39. The molecule has 1 aromatic rings. The monoisotopic (exact) mass is 247 g/mol. The Hall–Kier alpha value is -1.69. The zero-order valence-electron chi connectivity index (χ0n) is 8.73. The van der Waals surface area contributed by atoms with Gasteiger partial charge in [-0.1, -0.05) is 11.6 Å². The van der Waals surface area contributed by atoms with Gasteiger partial charge in [-0.3, -0.25) is 10.1 Å². The van der Waals surface area contributed by atoms with Crippen LogP contribution in [0.5, 0.6) is 17.2 Å². The second-order valence-electron chi connectivity index (χ2n) is 2.69. The van der Waals surface area contributed by atoms with Crippen molar-refractivity contribution in [2.24, 2.45) is 0 Å². The Morgan fingerprint density at radius 2 is 1.81 bits per heavy atom. The normalized spacial score (nSPS) is 9.69. The minimum absolute atomic E-state index is 0.0395. The van der Waals surface area contributed by atoms with Crippen molar-refractivity contribution in [3.8, 4) is 17.2 Å². The maximum Gasteiger partial charge on any atom is 0.314 e. The van der Waals surface area contributed by atoms with Crippen molar-refractivity contribution < 1.29 is 19.1 Å². The number of halogens is 1. The SMILES string of the molecule is COc1cc(OCCl)c([N+](=O)[O-])cc1OC. The van der Waals surface area contributed by atoms with Crippen LogP contribution < -0.4 is 14.2 Å². The Morgan fingerprint density at radius 3 is 2.25 bits per heavy atom. The van der Waals surface area contributed by atoms with Crippen molar-refractivity contribution in [2.75, 3.05) is 20.3 Å². The molecule has 0 aromatic heterocycles. The zero-order valence-corrected chi connectivity index (χ0v) is 9.48. The average Bonchev–Trinajstić information content (AvgIpc) is 2.28. The van der Waals surface area contributed by atoms with E-state index in [0.29, 0.717) is 5.75 Å². The fourth-order valence-corrected chi connectivity index (χ4v) is 1.28. The van der Waals surface area contributed by atoms with Gasteiger partial charge >= 0.3 is 5.69 Å². The number of benzene rings is 1. The van der Waals surface area contributed by atoms with Crippen molar-refractivity contribution in [1.29, 1.82) is 0 Å². The van der Waals surface area contributed by atoms with Gasteiger partial charge in [-0.15, -0.1) is 0 Å². The van der Waals surface area contributed by atoms with Gasteiger partial charge in [0.2, 0.25) is 5.75 Å². The molecule has 0 unspecified atom stereocenters. The predicted octanol–water partition coefficient (Wildman–Crippen LogP) is 2.19. The van der Waals surface area contributed by atoms with Gasteiger partial charge in [-0.05, 0) is 0 Å². The lowest BCUT2D eigenvalue weighted by Gasteiger charge is -2.10. The summed E-state index contributed by atoms with van der Waals surface area (Å²) in [6.07, 6.45) is 0. The summed E-state index contributed by atoms with van der Waals surface area (Å²) in [6.45, 7) is 0. The van der Waals surface area contributed by atoms with E-state index in [1.165, 1.54) is 26.4 Å². The molecule has 0 aliphatic carbocycles. The standard InChI is InChI=1S/C9H10ClNO5/c1-14-8-3-6(11(12)13)7(16-5-10)4-9(8)15-2/h3-4H,5H2,1-2H3. The summed E-state index contributed by atoms with van der Waals surface area (Å²) in [5.74, 6) is 0.641. The second kappa shape index (κ2) is 5.41. The molecule has 0 spiro atoms. The number of nitro benzene ring substituents is 1. The third-order valence-corrected chi connectivity index (χ3v) is 1.98. The molecule has 0 heterocycles. The van der Waals surface area contributed by atoms with E-state index in [-0.39, 0.29) is 23.3 Å². The predicted molar refractivity (Wildman–Crippen MR) is 57.5 cm³/mol. The molecule has 0 saturated heterocycles.